The number of hydrogen-bond acceptors (Lipinski definition) is 3. The molecule has 0 unspecified atom stereocenters. The van der Waals surface area contributed by atoms with Gasteiger partial charge in [0.05, 0.1) is 18.2 Å². The molecular formula is C15H11BrFNO2. The van der Waals surface area contributed by atoms with Crippen molar-refractivity contribution in [3.8, 4) is 11.8 Å². The van der Waals surface area contributed by atoms with Gasteiger partial charge in [0.25, 0.3) is 0 Å². The van der Waals surface area contributed by atoms with E-state index in [0.29, 0.717) is 22.4 Å². The molecule has 2 aromatic rings. The highest BCUT2D eigenvalue weighted by Crippen LogP contribution is 2.23. The molecule has 0 aliphatic carbocycles. The topological polar surface area (TPSA) is 53.2 Å². The maximum atomic E-state index is 13.6. The van der Waals surface area contributed by atoms with Gasteiger partial charge in [0.2, 0.25) is 0 Å². The maximum Gasteiger partial charge on any atom is 0.129 e. The SMILES string of the molecule is N#Cc1ccc(F)c(COc2ccc(Br)c(CO)c2)c1. The molecule has 5 heteroatoms. The Kier molecular flexibility index (Phi) is 4.72. The van der Waals surface area contributed by atoms with Gasteiger partial charge >= 0.3 is 0 Å². The Labute approximate surface area is 124 Å². The van der Waals surface area contributed by atoms with E-state index in [1.165, 1.54) is 18.2 Å². The van der Waals surface area contributed by atoms with Crippen LogP contribution in [-0.2, 0) is 13.2 Å². The number of nitriles is 1. The largest absolute Gasteiger partial charge is 0.489 e. The third kappa shape index (κ3) is 3.35. The number of rotatable bonds is 4. The summed E-state index contributed by atoms with van der Waals surface area (Å²) in [7, 11) is 0. The van der Waals surface area contributed by atoms with Crippen LogP contribution < -0.4 is 4.74 Å². The second-order valence-corrected chi connectivity index (χ2v) is 4.97. The average Bonchev–Trinajstić information content (AvgIpc) is 2.47. The van der Waals surface area contributed by atoms with Crippen LogP contribution in [0.4, 0.5) is 4.39 Å². The van der Waals surface area contributed by atoms with Gasteiger partial charge in [-0.1, -0.05) is 15.9 Å². The Balaban J connectivity index is 2.15. The predicted molar refractivity (Wildman–Crippen MR) is 75.5 cm³/mol. The van der Waals surface area contributed by atoms with Crippen molar-refractivity contribution < 1.29 is 14.2 Å². The van der Waals surface area contributed by atoms with Crippen molar-refractivity contribution in [3.63, 3.8) is 0 Å². The Bertz CT molecular complexity index is 667. The van der Waals surface area contributed by atoms with E-state index in [1.54, 1.807) is 18.2 Å². The summed E-state index contributed by atoms with van der Waals surface area (Å²) in [6, 6.07) is 11.2. The van der Waals surface area contributed by atoms with Crippen molar-refractivity contribution in [1.29, 1.82) is 5.26 Å². The van der Waals surface area contributed by atoms with Crippen LogP contribution >= 0.6 is 15.9 Å². The lowest BCUT2D eigenvalue weighted by atomic mass is 10.1. The number of hydrogen-bond donors (Lipinski definition) is 1. The molecule has 0 amide bonds. The van der Waals surface area contributed by atoms with Crippen molar-refractivity contribution in [2.75, 3.05) is 0 Å². The minimum Gasteiger partial charge on any atom is -0.489 e. The van der Waals surface area contributed by atoms with E-state index in [9.17, 15) is 4.39 Å². The zero-order valence-electron chi connectivity index (χ0n) is 10.4. The number of benzene rings is 2. The molecule has 0 atom stereocenters. The Hall–Kier alpha value is -1.90. The zero-order valence-corrected chi connectivity index (χ0v) is 12.0. The molecule has 20 heavy (non-hydrogen) atoms. The highest BCUT2D eigenvalue weighted by atomic mass is 79.9. The van der Waals surface area contributed by atoms with Crippen LogP contribution in [0.1, 0.15) is 16.7 Å². The van der Waals surface area contributed by atoms with Crippen LogP contribution in [0, 0.1) is 17.1 Å². The molecule has 2 rings (SSSR count). The second kappa shape index (κ2) is 6.51. The van der Waals surface area contributed by atoms with Crippen LogP contribution in [0.25, 0.3) is 0 Å². The van der Waals surface area contributed by atoms with E-state index in [4.69, 9.17) is 15.1 Å². The molecule has 0 aromatic heterocycles. The highest BCUT2D eigenvalue weighted by molar-refractivity contribution is 9.10. The van der Waals surface area contributed by atoms with E-state index in [1.807, 2.05) is 6.07 Å². The van der Waals surface area contributed by atoms with Gasteiger partial charge in [-0.15, -0.1) is 0 Å². The van der Waals surface area contributed by atoms with E-state index in [0.717, 1.165) is 4.47 Å². The summed E-state index contributed by atoms with van der Waals surface area (Å²) in [5.41, 5.74) is 1.39. The summed E-state index contributed by atoms with van der Waals surface area (Å²) in [5, 5.41) is 17.9. The number of ether oxygens (including phenoxy) is 1. The number of aliphatic hydroxyl groups excluding tert-OH is 1. The Morgan fingerprint density at radius 3 is 2.70 bits per heavy atom. The van der Waals surface area contributed by atoms with Crippen molar-refractivity contribution in [3.05, 3.63) is 63.4 Å². The monoisotopic (exact) mass is 335 g/mol. The van der Waals surface area contributed by atoms with Crippen LogP contribution in [0.5, 0.6) is 5.75 Å². The van der Waals surface area contributed by atoms with Crippen LogP contribution in [0.3, 0.4) is 0 Å². The van der Waals surface area contributed by atoms with Gasteiger partial charge in [-0.3, -0.25) is 0 Å². The minimum atomic E-state index is -0.413. The van der Waals surface area contributed by atoms with Gasteiger partial charge < -0.3 is 9.84 Å². The smallest absolute Gasteiger partial charge is 0.129 e. The summed E-state index contributed by atoms with van der Waals surface area (Å²) in [5.74, 6) is 0.113. The van der Waals surface area contributed by atoms with Crippen LogP contribution in [0.2, 0.25) is 0 Å². The quantitative estimate of drug-likeness (QED) is 0.929. The van der Waals surface area contributed by atoms with Gasteiger partial charge in [-0.2, -0.15) is 5.26 Å². The van der Waals surface area contributed by atoms with Crippen LogP contribution in [0.15, 0.2) is 40.9 Å². The van der Waals surface area contributed by atoms with Gasteiger partial charge in [0.1, 0.15) is 18.2 Å². The molecule has 102 valence electrons. The predicted octanol–water partition coefficient (Wildman–Crippen LogP) is 3.53. The second-order valence-electron chi connectivity index (χ2n) is 4.12. The van der Waals surface area contributed by atoms with E-state index in [2.05, 4.69) is 15.9 Å². The fraction of sp³-hybridized carbons (Fsp3) is 0.133. The van der Waals surface area contributed by atoms with E-state index < -0.39 is 5.82 Å². The third-order valence-corrected chi connectivity index (χ3v) is 3.53. The lowest BCUT2D eigenvalue weighted by Crippen LogP contribution is -2.00. The van der Waals surface area contributed by atoms with Gasteiger partial charge in [0.15, 0.2) is 0 Å². The van der Waals surface area contributed by atoms with Crippen molar-refractivity contribution in [2.24, 2.45) is 0 Å². The molecule has 0 aliphatic rings. The fourth-order valence-electron chi connectivity index (χ4n) is 1.68. The Morgan fingerprint density at radius 2 is 2.00 bits per heavy atom. The van der Waals surface area contributed by atoms with E-state index >= 15 is 0 Å². The first kappa shape index (κ1) is 14.5. The van der Waals surface area contributed by atoms with E-state index in [-0.39, 0.29) is 13.2 Å². The molecule has 1 N–H and O–H groups in total. The first-order valence-electron chi connectivity index (χ1n) is 5.84. The molecule has 0 heterocycles. The molecule has 0 fully saturated rings. The van der Waals surface area contributed by atoms with Gasteiger partial charge in [0, 0.05) is 10.0 Å². The molecule has 3 nitrogen and oxygen atoms in total. The molecule has 0 spiro atoms. The summed E-state index contributed by atoms with van der Waals surface area (Å²) in [4.78, 5) is 0. The van der Waals surface area contributed by atoms with Crippen molar-refractivity contribution >= 4 is 15.9 Å². The number of aliphatic hydroxyl groups is 1. The number of halogens is 2. The summed E-state index contributed by atoms with van der Waals surface area (Å²) < 4.78 is 19.9. The number of nitrogens with zero attached hydrogens (tertiary/aromatic N) is 1. The average molecular weight is 336 g/mol. The zero-order chi connectivity index (χ0) is 14.5. The van der Waals surface area contributed by atoms with Gasteiger partial charge in [-0.05, 0) is 42.0 Å². The highest BCUT2D eigenvalue weighted by Gasteiger charge is 2.06. The van der Waals surface area contributed by atoms with Gasteiger partial charge in [-0.25, -0.2) is 4.39 Å². The third-order valence-electron chi connectivity index (χ3n) is 2.76. The normalized spacial score (nSPS) is 10.1. The standard InChI is InChI=1S/C15H11BrFNO2/c16-14-3-2-13(6-11(14)8-19)20-9-12-5-10(7-18)1-4-15(12)17/h1-6,19H,8-9H2. The molecule has 0 saturated carbocycles. The maximum absolute atomic E-state index is 13.6. The molecule has 0 radical (unpaired) electrons. The first-order valence-corrected chi connectivity index (χ1v) is 6.64. The fourth-order valence-corrected chi connectivity index (χ4v) is 2.05. The minimum absolute atomic E-state index is 0.0217. The first-order chi connectivity index (χ1) is 9.63. The molecule has 0 bridgehead atoms. The summed E-state index contributed by atoms with van der Waals surface area (Å²) in [6.45, 7) is -0.0933. The van der Waals surface area contributed by atoms with Crippen molar-refractivity contribution in [1.82, 2.24) is 0 Å². The van der Waals surface area contributed by atoms with Crippen molar-refractivity contribution in [2.45, 2.75) is 13.2 Å². The molecule has 2 aromatic carbocycles. The summed E-state index contributed by atoms with van der Waals surface area (Å²) >= 11 is 3.31. The summed E-state index contributed by atoms with van der Waals surface area (Å²) in [6.07, 6.45) is 0. The molecule has 0 saturated heterocycles. The molecular weight excluding hydrogens is 325 g/mol. The lowest BCUT2D eigenvalue weighted by Gasteiger charge is -2.09. The van der Waals surface area contributed by atoms with Crippen LogP contribution in [-0.4, -0.2) is 5.11 Å². The lowest BCUT2D eigenvalue weighted by molar-refractivity contribution is 0.276. The Morgan fingerprint density at radius 1 is 1.20 bits per heavy atom. The molecule has 0 aliphatic heterocycles.